The van der Waals surface area contributed by atoms with Gasteiger partial charge in [-0.15, -0.1) is 11.3 Å². The van der Waals surface area contributed by atoms with Gasteiger partial charge in [0.2, 0.25) is 0 Å². The molecule has 0 saturated carbocycles. The molecule has 2 rings (SSSR count). The van der Waals surface area contributed by atoms with Crippen molar-refractivity contribution in [3.63, 3.8) is 0 Å². The first-order chi connectivity index (χ1) is 6.77. The molecule has 1 aliphatic heterocycles. The molecule has 1 aromatic heterocycles. The molecular weight excluding hydrogens is 194 g/mol. The fourth-order valence-electron chi connectivity index (χ4n) is 1.96. The van der Waals surface area contributed by atoms with E-state index in [0.29, 0.717) is 0 Å². The summed E-state index contributed by atoms with van der Waals surface area (Å²) in [6.07, 6.45) is 3.26. The van der Waals surface area contributed by atoms with Crippen molar-refractivity contribution in [1.29, 1.82) is 0 Å². The molecule has 1 aliphatic rings. The second-order valence-corrected chi connectivity index (χ2v) is 5.27. The van der Waals surface area contributed by atoms with E-state index in [2.05, 4.69) is 18.3 Å². The number of aliphatic hydroxyl groups is 1. The van der Waals surface area contributed by atoms with E-state index < -0.39 is 0 Å². The van der Waals surface area contributed by atoms with Gasteiger partial charge in [-0.05, 0) is 38.4 Å². The van der Waals surface area contributed by atoms with Gasteiger partial charge in [-0.25, -0.2) is 0 Å². The van der Waals surface area contributed by atoms with Crippen molar-refractivity contribution < 1.29 is 5.11 Å². The molecule has 2 atom stereocenters. The number of piperidine rings is 1. The number of thiophene rings is 1. The average Bonchev–Trinajstić information content (AvgIpc) is 2.65. The smallest absolute Gasteiger partial charge is 0.103 e. The van der Waals surface area contributed by atoms with E-state index >= 15 is 0 Å². The number of rotatable bonds is 2. The Morgan fingerprint density at radius 2 is 2.36 bits per heavy atom. The van der Waals surface area contributed by atoms with Crippen LogP contribution < -0.4 is 5.32 Å². The summed E-state index contributed by atoms with van der Waals surface area (Å²) in [5, 5.41) is 13.5. The van der Waals surface area contributed by atoms with E-state index in [9.17, 15) is 5.11 Å². The van der Waals surface area contributed by atoms with Crippen molar-refractivity contribution in [2.75, 3.05) is 6.54 Å². The summed E-state index contributed by atoms with van der Waals surface area (Å²) >= 11 is 1.70. The molecule has 0 radical (unpaired) electrons. The third kappa shape index (κ3) is 2.16. The fourth-order valence-corrected chi connectivity index (χ4v) is 2.89. The molecule has 2 unspecified atom stereocenters. The normalized spacial score (nSPS) is 24.9. The molecule has 1 saturated heterocycles. The maximum Gasteiger partial charge on any atom is 0.103 e. The van der Waals surface area contributed by atoms with Gasteiger partial charge >= 0.3 is 0 Å². The zero-order chi connectivity index (χ0) is 9.97. The largest absolute Gasteiger partial charge is 0.386 e. The minimum absolute atomic E-state index is 0.266. The van der Waals surface area contributed by atoms with Crippen molar-refractivity contribution in [3.8, 4) is 0 Å². The highest BCUT2D eigenvalue weighted by molar-refractivity contribution is 7.12. The number of aliphatic hydroxyl groups excluding tert-OH is 1. The third-order valence-electron chi connectivity index (χ3n) is 2.78. The molecule has 0 bridgehead atoms. The minimum atomic E-state index is -0.311. The van der Waals surface area contributed by atoms with Crippen LogP contribution in [0.25, 0.3) is 0 Å². The molecular formula is C11H17NOS. The Bertz CT molecular complexity index is 291. The third-order valence-corrected chi connectivity index (χ3v) is 3.85. The van der Waals surface area contributed by atoms with Crippen LogP contribution in [0.2, 0.25) is 0 Å². The second-order valence-electron chi connectivity index (χ2n) is 3.95. The molecule has 2 heterocycles. The van der Waals surface area contributed by atoms with E-state index in [-0.39, 0.29) is 12.1 Å². The Morgan fingerprint density at radius 1 is 1.50 bits per heavy atom. The van der Waals surface area contributed by atoms with Crippen molar-refractivity contribution in [2.45, 2.75) is 38.3 Å². The Hall–Kier alpha value is -0.380. The highest BCUT2D eigenvalue weighted by Gasteiger charge is 2.23. The molecule has 78 valence electrons. The zero-order valence-corrected chi connectivity index (χ0v) is 9.31. The fraction of sp³-hybridized carbons (Fsp3) is 0.636. The lowest BCUT2D eigenvalue weighted by Gasteiger charge is -2.27. The first kappa shape index (κ1) is 10.1. The molecule has 14 heavy (non-hydrogen) atoms. The van der Waals surface area contributed by atoms with E-state index in [4.69, 9.17) is 0 Å². The molecule has 2 nitrogen and oxygen atoms in total. The first-order valence-corrected chi connectivity index (χ1v) is 6.07. The van der Waals surface area contributed by atoms with Gasteiger partial charge in [-0.2, -0.15) is 0 Å². The maximum absolute atomic E-state index is 10.1. The predicted octanol–water partition coefficient (Wildman–Crippen LogP) is 2.23. The van der Waals surface area contributed by atoms with E-state index in [1.165, 1.54) is 17.7 Å². The molecule has 0 amide bonds. The van der Waals surface area contributed by atoms with Crippen molar-refractivity contribution >= 4 is 11.3 Å². The maximum atomic E-state index is 10.1. The summed E-state index contributed by atoms with van der Waals surface area (Å²) in [5.41, 5.74) is 0. The summed E-state index contributed by atoms with van der Waals surface area (Å²) in [5.74, 6) is 0. The van der Waals surface area contributed by atoms with Crippen LogP contribution in [0.1, 0.15) is 35.1 Å². The Kier molecular flexibility index (Phi) is 3.21. The van der Waals surface area contributed by atoms with E-state index in [0.717, 1.165) is 17.8 Å². The van der Waals surface area contributed by atoms with Crippen LogP contribution in [0.3, 0.4) is 0 Å². The Labute approximate surface area is 89.0 Å². The van der Waals surface area contributed by atoms with Crippen LogP contribution in [0.15, 0.2) is 12.1 Å². The summed E-state index contributed by atoms with van der Waals surface area (Å²) < 4.78 is 0. The monoisotopic (exact) mass is 211 g/mol. The number of hydrogen-bond acceptors (Lipinski definition) is 3. The predicted molar refractivity (Wildman–Crippen MR) is 59.7 cm³/mol. The Morgan fingerprint density at radius 3 is 2.93 bits per heavy atom. The summed E-state index contributed by atoms with van der Waals surface area (Å²) in [6.45, 7) is 3.13. The van der Waals surface area contributed by atoms with Crippen LogP contribution >= 0.6 is 11.3 Å². The number of aryl methyl sites for hydroxylation is 1. The number of hydrogen-bond donors (Lipinski definition) is 2. The topological polar surface area (TPSA) is 32.3 Å². The van der Waals surface area contributed by atoms with Gasteiger partial charge in [0.25, 0.3) is 0 Å². The summed E-state index contributed by atoms with van der Waals surface area (Å²) in [6, 6.07) is 4.38. The van der Waals surface area contributed by atoms with Crippen molar-refractivity contribution in [1.82, 2.24) is 5.32 Å². The molecule has 1 aromatic rings. The molecule has 3 heteroatoms. The quantitative estimate of drug-likeness (QED) is 0.786. The Balaban J connectivity index is 2.03. The van der Waals surface area contributed by atoms with Gasteiger partial charge < -0.3 is 10.4 Å². The van der Waals surface area contributed by atoms with Gasteiger partial charge in [0.1, 0.15) is 6.10 Å². The van der Waals surface area contributed by atoms with Crippen LogP contribution in [-0.2, 0) is 0 Å². The van der Waals surface area contributed by atoms with Gasteiger partial charge in [0.15, 0.2) is 0 Å². The zero-order valence-electron chi connectivity index (χ0n) is 8.49. The summed E-state index contributed by atoms with van der Waals surface area (Å²) in [4.78, 5) is 2.37. The van der Waals surface area contributed by atoms with Gasteiger partial charge in [0, 0.05) is 15.8 Å². The number of nitrogens with one attached hydrogen (secondary N) is 1. The molecule has 0 aromatic carbocycles. The van der Waals surface area contributed by atoms with Gasteiger partial charge in [-0.1, -0.05) is 6.42 Å². The lowest BCUT2D eigenvalue weighted by molar-refractivity contribution is 0.117. The molecule has 2 N–H and O–H groups in total. The highest BCUT2D eigenvalue weighted by atomic mass is 32.1. The minimum Gasteiger partial charge on any atom is -0.386 e. The van der Waals surface area contributed by atoms with Crippen LogP contribution in [0.5, 0.6) is 0 Å². The molecule has 0 spiro atoms. The van der Waals surface area contributed by atoms with Crippen LogP contribution in [0.4, 0.5) is 0 Å². The van der Waals surface area contributed by atoms with Crippen LogP contribution in [0, 0.1) is 6.92 Å². The van der Waals surface area contributed by atoms with Crippen LogP contribution in [-0.4, -0.2) is 17.7 Å². The lowest BCUT2D eigenvalue weighted by Crippen LogP contribution is -2.38. The SMILES string of the molecule is Cc1ccc(C(O)C2CCCCN2)s1. The van der Waals surface area contributed by atoms with E-state index in [1.54, 1.807) is 11.3 Å². The van der Waals surface area contributed by atoms with Crippen molar-refractivity contribution in [3.05, 3.63) is 21.9 Å². The second kappa shape index (κ2) is 4.43. The molecule has 1 fully saturated rings. The molecule has 0 aliphatic carbocycles. The highest BCUT2D eigenvalue weighted by Crippen LogP contribution is 2.28. The average molecular weight is 211 g/mol. The lowest BCUT2D eigenvalue weighted by atomic mass is 9.99. The summed E-state index contributed by atoms with van der Waals surface area (Å²) in [7, 11) is 0. The van der Waals surface area contributed by atoms with Gasteiger partial charge in [0.05, 0.1) is 0 Å². The van der Waals surface area contributed by atoms with E-state index in [1.807, 2.05) is 6.07 Å². The standard InChI is InChI=1S/C11H17NOS/c1-8-5-6-10(14-8)11(13)9-4-2-3-7-12-9/h5-6,9,11-13H,2-4,7H2,1H3. The first-order valence-electron chi connectivity index (χ1n) is 5.25. The van der Waals surface area contributed by atoms with Crippen molar-refractivity contribution in [2.24, 2.45) is 0 Å². The van der Waals surface area contributed by atoms with Gasteiger partial charge in [-0.3, -0.25) is 0 Å².